The van der Waals surface area contributed by atoms with Crippen LogP contribution in [0.25, 0.3) is 33.1 Å². The maximum Gasteiger partial charge on any atom is 0.417 e. The molecule has 2 N–H and O–H groups in total. The number of ether oxygens (including phenoxy) is 2. The third-order valence-electron chi connectivity index (χ3n) is 9.10. The first-order valence-corrected chi connectivity index (χ1v) is 14.9. The van der Waals surface area contributed by atoms with Crippen LogP contribution in [-0.4, -0.2) is 81.3 Å². The van der Waals surface area contributed by atoms with Gasteiger partial charge in [0.15, 0.2) is 17.2 Å². The van der Waals surface area contributed by atoms with Crippen LogP contribution in [0.15, 0.2) is 35.3 Å². The highest BCUT2D eigenvalue weighted by molar-refractivity contribution is 5.98. The molecule has 4 aromatic rings. The monoisotopic (exact) mass is 662 g/mol. The van der Waals surface area contributed by atoms with Gasteiger partial charge in [0.2, 0.25) is 11.8 Å². The highest BCUT2D eigenvalue weighted by Gasteiger charge is 2.49. The third-order valence-corrected chi connectivity index (χ3v) is 9.10. The number of carbonyl (C=O) groups excluding carboxylic acids is 1. The summed E-state index contributed by atoms with van der Waals surface area (Å²) >= 11 is 0. The van der Waals surface area contributed by atoms with Gasteiger partial charge in [-0.25, -0.2) is 13.2 Å². The summed E-state index contributed by atoms with van der Waals surface area (Å²) in [7, 11) is 0. The van der Waals surface area contributed by atoms with E-state index < -0.39 is 92.2 Å². The van der Waals surface area contributed by atoms with Crippen LogP contribution in [0.3, 0.4) is 0 Å². The Kier molecular flexibility index (Phi) is 7.44. The van der Waals surface area contributed by atoms with E-state index in [2.05, 4.69) is 21.5 Å². The highest BCUT2D eigenvalue weighted by atomic mass is 19.4. The lowest BCUT2D eigenvalue weighted by Crippen LogP contribution is -2.43. The Morgan fingerprint density at radius 2 is 1.98 bits per heavy atom. The molecule has 2 aromatic carbocycles. The van der Waals surface area contributed by atoms with Gasteiger partial charge in [-0.3, -0.25) is 9.69 Å². The van der Waals surface area contributed by atoms with Crippen molar-refractivity contribution < 1.29 is 45.0 Å². The van der Waals surface area contributed by atoms with Crippen LogP contribution in [-0.2, 0) is 11.0 Å². The molecule has 47 heavy (non-hydrogen) atoms. The number of aromatic nitrogens is 3. The van der Waals surface area contributed by atoms with E-state index in [0.717, 1.165) is 24.6 Å². The van der Waals surface area contributed by atoms with Crippen LogP contribution in [0.5, 0.6) is 11.9 Å². The van der Waals surface area contributed by atoms with Crippen molar-refractivity contribution in [3.8, 4) is 23.0 Å². The maximum atomic E-state index is 16.7. The fraction of sp³-hybridized carbons (Fsp3) is 0.419. The van der Waals surface area contributed by atoms with Gasteiger partial charge in [-0.15, -0.1) is 0 Å². The van der Waals surface area contributed by atoms with E-state index in [-0.39, 0.29) is 32.0 Å². The molecule has 3 aliphatic heterocycles. The number of rotatable bonds is 7. The normalized spacial score (nSPS) is 23.1. The third kappa shape index (κ3) is 5.37. The summed E-state index contributed by atoms with van der Waals surface area (Å²) in [6, 6.07) is 1.48. The molecule has 16 heteroatoms. The fourth-order valence-corrected chi connectivity index (χ4v) is 6.97. The number of nitrogens with two attached hydrogens (primary N) is 1. The second-order valence-corrected chi connectivity index (χ2v) is 12.0. The van der Waals surface area contributed by atoms with Crippen LogP contribution in [0.2, 0.25) is 0 Å². The Morgan fingerprint density at radius 1 is 1.17 bits per heavy atom. The van der Waals surface area contributed by atoms with E-state index in [9.17, 15) is 26.7 Å². The number of fused-ring (bicyclic) bond motifs is 3. The molecule has 10 nitrogen and oxygen atoms in total. The first kappa shape index (κ1) is 31.0. The molecule has 0 aliphatic carbocycles. The van der Waals surface area contributed by atoms with Crippen LogP contribution >= 0.6 is 0 Å². The van der Waals surface area contributed by atoms with Gasteiger partial charge in [-0.05, 0) is 43.7 Å². The Hall–Kier alpha value is -4.60. The summed E-state index contributed by atoms with van der Waals surface area (Å²) in [6.45, 7) is 4.71. The molecule has 3 saturated heterocycles. The minimum absolute atomic E-state index is 0.0463. The first-order chi connectivity index (χ1) is 22.4. The lowest BCUT2D eigenvalue weighted by molar-refractivity contribution is -0.137. The molecule has 2 aromatic heterocycles. The number of alkyl halides is 4. The molecule has 1 amide bonds. The molecule has 1 unspecified atom stereocenters. The van der Waals surface area contributed by atoms with E-state index in [1.54, 1.807) is 0 Å². The minimum Gasteiger partial charge on any atom is -0.472 e. The molecular formula is C31H28F6N6O4. The smallest absolute Gasteiger partial charge is 0.417 e. The summed E-state index contributed by atoms with van der Waals surface area (Å²) in [4.78, 5) is 27.8. The zero-order valence-corrected chi connectivity index (χ0v) is 24.7. The van der Waals surface area contributed by atoms with Gasteiger partial charge in [0.25, 0.3) is 6.01 Å². The quantitative estimate of drug-likeness (QED) is 0.204. The van der Waals surface area contributed by atoms with E-state index in [1.807, 2.05) is 4.90 Å². The molecule has 0 spiro atoms. The van der Waals surface area contributed by atoms with Crippen LogP contribution in [0, 0.1) is 11.6 Å². The van der Waals surface area contributed by atoms with Gasteiger partial charge in [0, 0.05) is 37.1 Å². The minimum atomic E-state index is -5.12. The van der Waals surface area contributed by atoms with E-state index in [1.165, 1.54) is 4.90 Å². The summed E-state index contributed by atoms with van der Waals surface area (Å²) in [5, 5.41) is -0.414. The number of anilines is 1. The van der Waals surface area contributed by atoms with Crippen LogP contribution < -0.4 is 15.2 Å². The molecule has 0 saturated carbocycles. The van der Waals surface area contributed by atoms with Gasteiger partial charge >= 0.3 is 12.2 Å². The SMILES string of the molecule is C=CC(=O)N1CC[C@@H](Oc2nc(OCC34CCCN3C[C@H](F)C4)nc3c(F)c(-c4ccc(F)c5oc(N)nc45)c(C(F)(F)F)cc23)C1. The number of likely N-dealkylation sites (tertiary alicyclic amines) is 1. The van der Waals surface area contributed by atoms with Crippen LogP contribution in [0.1, 0.15) is 31.2 Å². The van der Waals surface area contributed by atoms with E-state index >= 15 is 4.39 Å². The molecule has 3 atom stereocenters. The van der Waals surface area contributed by atoms with Gasteiger partial charge in [-0.2, -0.15) is 28.1 Å². The van der Waals surface area contributed by atoms with Crippen molar-refractivity contribution in [3.05, 3.63) is 48.1 Å². The summed E-state index contributed by atoms with van der Waals surface area (Å²) < 4.78 is 107. The van der Waals surface area contributed by atoms with Gasteiger partial charge in [0.05, 0.1) is 23.0 Å². The number of hydrogen-bond donors (Lipinski definition) is 1. The number of nitrogen functional groups attached to an aromatic ring is 1. The molecule has 248 valence electrons. The molecule has 0 radical (unpaired) electrons. The topological polar surface area (TPSA) is 120 Å². The predicted molar refractivity (Wildman–Crippen MR) is 156 cm³/mol. The Bertz CT molecular complexity index is 1920. The number of halogens is 6. The predicted octanol–water partition coefficient (Wildman–Crippen LogP) is 5.44. The van der Waals surface area contributed by atoms with E-state index in [4.69, 9.17) is 19.6 Å². The zero-order chi connectivity index (χ0) is 33.2. The number of benzene rings is 2. The summed E-state index contributed by atoms with van der Waals surface area (Å²) in [6.07, 6.45) is -3.76. The largest absolute Gasteiger partial charge is 0.472 e. The number of carbonyl (C=O) groups is 1. The first-order valence-electron chi connectivity index (χ1n) is 14.9. The summed E-state index contributed by atoms with van der Waals surface area (Å²) in [5.74, 6) is -3.14. The zero-order valence-electron chi connectivity index (χ0n) is 24.7. The highest BCUT2D eigenvalue weighted by Crippen LogP contribution is 2.46. The summed E-state index contributed by atoms with van der Waals surface area (Å²) in [5.41, 5.74) is 0.546. The standard InChI is InChI=1S/C31H28F6N6O4/c1-2-21(44)42-9-6-16(13-42)46-27-18-10-19(31(35,36)37)22(17-4-5-20(33)26-25(17)39-28(38)47-26)23(34)24(18)40-29(41-27)45-14-30-7-3-8-43(30)12-15(32)11-30/h2,4-5,10,15-16H,1,3,6-9,11-14H2,(H2,38,39)/t15-,16-,30?/m1/s1. The lowest BCUT2D eigenvalue weighted by Gasteiger charge is -2.30. The molecule has 3 fully saturated rings. The molecular weight excluding hydrogens is 634 g/mol. The van der Waals surface area contributed by atoms with Crippen molar-refractivity contribution >= 4 is 33.9 Å². The van der Waals surface area contributed by atoms with Crippen molar-refractivity contribution in [3.63, 3.8) is 0 Å². The maximum absolute atomic E-state index is 16.7. The second-order valence-electron chi connectivity index (χ2n) is 12.0. The van der Waals surface area contributed by atoms with Gasteiger partial charge < -0.3 is 24.5 Å². The molecule has 5 heterocycles. The number of hydrogen-bond acceptors (Lipinski definition) is 9. The Morgan fingerprint density at radius 3 is 2.74 bits per heavy atom. The van der Waals surface area contributed by atoms with Crippen molar-refractivity contribution in [2.45, 2.75) is 49.7 Å². The van der Waals surface area contributed by atoms with Crippen molar-refractivity contribution in [1.82, 2.24) is 24.8 Å². The fourth-order valence-electron chi connectivity index (χ4n) is 6.97. The molecule has 7 rings (SSSR count). The van der Waals surface area contributed by atoms with Gasteiger partial charge in [-0.1, -0.05) is 6.58 Å². The second kappa shape index (κ2) is 11.3. The Labute approximate surface area is 263 Å². The molecule has 0 bridgehead atoms. The number of oxazole rings is 1. The number of nitrogens with zero attached hydrogens (tertiary/aromatic N) is 5. The van der Waals surface area contributed by atoms with Crippen LogP contribution in [0.4, 0.5) is 32.4 Å². The average molecular weight is 663 g/mol. The van der Waals surface area contributed by atoms with Crippen molar-refractivity contribution in [1.29, 1.82) is 0 Å². The molecule has 3 aliphatic rings. The Balaban J connectivity index is 1.38. The average Bonchev–Trinajstić information content (AvgIpc) is 3.79. The van der Waals surface area contributed by atoms with Crippen molar-refractivity contribution in [2.24, 2.45) is 0 Å². The lowest BCUT2D eigenvalue weighted by atomic mass is 9.95. The van der Waals surface area contributed by atoms with Crippen molar-refractivity contribution in [2.75, 3.05) is 38.5 Å². The van der Waals surface area contributed by atoms with E-state index in [0.29, 0.717) is 32.0 Å². The number of amides is 1. The van der Waals surface area contributed by atoms with Gasteiger partial charge in [0.1, 0.15) is 29.9 Å².